The van der Waals surface area contributed by atoms with E-state index in [1.165, 1.54) is 0 Å². The molecule has 0 saturated heterocycles. The number of nitrogens with one attached hydrogen (secondary N) is 3. The van der Waals surface area contributed by atoms with Gasteiger partial charge in [-0.15, -0.1) is 0 Å². The number of amides is 3. The lowest BCUT2D eigenvalue weighted by atomic mass is 10.0. The molecule has 0 aliphatic rings. The van der Waals surface area contributed by atoms with Gasteiger partial charge in [0.15, 0.2) is 0 Å². The first-order valence-electron chi connectivity index (χ1n) is 11.5. The summed E-state index contributed by atoms with van der Waals surface area (Å²) in [7, 11) is 0. The van der Waals surface area contributed by atoms with Gasteiger partial charge in [0.05, 0.1) is 6.04 Å². The Morgan fingerprint density at radius 1 is 0.833 bits per heavy atom. The highest BCUT2D eigenvalue weighted by Gasteiger charge is 2.30. The number of nitrogens with two attached hydrogens (primary N) is 2. The summed E-state index contributed by atoms with van der Waals surface area (Å²) in [6.07, 6.45) is 0.962. The second-order valence-electron chi connectivity index (χ2n) is 8.22. The predicted octanol–water partition coefficient (Wildman–Crippen LogP) is -0.981. The van der Waals surface area contributed by atoms with E-state index in [0.717, 1.165) is 0 Å². The maximum atomic E-state index is 13.0. The van der Waals surface area contributed by atoms with Crippen molar-refractivity contribution >= 4 is 42.3 Å². The Morgan fingerprint density at radius 2 is 1.42 bits per heavy atom. The van der Waals surface area contributed by atoms with Gasteiger partial charge in [-0.05, 0) is 31.4 Å². The van der Waals surface area contributed by atoms with Crippen molar-refractivity contribution in [3.63, 3.8) is 0 Å². The average Bonchev–Trinajstić information content (AvgIpc) is 2.84. The van der Waals surface area contributed by atoms with Crippen LogP contribution < -0.4 is 27.4 Å². The zero-order valence-electron chi connectivity index (χ0n) is 19.9. The van der Waals surface area contributed by atoms with E-state index in [4.69, 9.17) is 16.6 Å². The summed E-state index contributed by atoms with van der Waals surface area (Å²) in [4.78, 5) is 60.6. The van der Waals surface area contributed by atoms with E-state index in [1.807, 2.05) is 0 Å². The number of hydrogen-bond acceptors (Lipinski definition) is 8. The number of rotatable bonds is 17. The van der Waals surface area contributed by atoms with Gasteiger partial charge in [0.25, 0.3) is 0 Å². The van der Waals surface area contributed by atoms with Gasteiger partial charge in [0, 0.05) is 18.6 Å². The van der Waals surface area contributed by atoms with Crippen LogP contribution in [0.2, 0.25) is 0 Å². The highest BCUT2D eigenvalue weighted by atomic mass is 32.1. The molecule has 0 radical (unpaired) electrons. The second-order valence-corrected chi connectivity index (χ2v) is 8.58. The molecule has 4 unspecified atom stereocenters. The molecule has 12 nitrogen and oxygen atoms in total. The second kappa shape index (κ2) is 16.5. The molecular weight excluding hydrogens is 490 g/mol. The molecule has 0 aliphatic carbocycles. The van der Waals surface area contributed by atoms with E-state index in [9.17, 15) is 29.1 Å². The zero-order valence-corrected chi connectivity index (χ0v) is 20.8. The third kappa shape index (κ3) is 11.5. The first kappa shape index (κ1) is 30.9. The van der Waals surface area contributed by atoms with Crippen molar-refractivity contribution in [1.29, 1.82) is 0 Å². The fraction of sp³-hybridized carbons (Fsp3) is 0.522. The largest absolute Gasteiger partial charge is 0.481 e. The maximum absolute atomic E-state index is 13.0. The molecule has 0 aliphatic heterocycles. The molecule has 0 fully saturated rings. The van der Waals surface area contributed by atoms with Crippen LogP contribution in [0.3, 0.4) is 0 Å². The first-order valence-corrected chi connectivity index (χ1v) is 12.2. The van der Waals surface area contributed by atoms with E-state index in [0.29, 0.717) is 31.4 Å². The molecule has 13 heteroatoms. The number of carbonyl (C=O) groups excluding carboxylic acids is 3. The van der Waals surface area contributed by atoms with Crippen LogP contribution in [0, 0.1) is 0 Å². The van der Waals surface area contributed by atoms with Crippen LogP contribution in [0.4, 0.5) is 0 Å². The lowest BCUT2D eigenvalue weighted by Crippen LogP contribution is -2.58. The molecule has 9 N–H and O–H groups in total. The molecular formula is C23H35N5O7S. The van der Waals surface area contributed by atoms with Crippen molar-refractivity contribution in [2.45, 2.75) is 62.7 Å². The average molecular weight is 526 g/mol. The summed E-state index contributed by atoms with van der Waals surface area (Å²) < 4.78 is 0. The third-order valence-electron chi connectivity index (χ3n) is 5.30. The minimum absolute atomic E-state index is 0.0233. The number of carboxylic acids is 2. The number of carbonyl (C=O) groups is 5. The number of hydrogen-bond donors (Lipinski definition) is 8. The fourth-order valence-electron chi connectivity index (χ4n) is 3.24. The van der Waals surface area contributed by atoms with Crippen molar-refractivity contribution in [2.24, 2.45) is 11.5 Å². The van der Waals surface area contributed by atoms with Crippen molar-refractivity contribution in [3.05, 3.63) is 35.9 Å². The Morgan fingerprint density at radius 3 is 1.97 bits per heavy atom. The Balaban J connectivity index is 2.96. The highest BCUT2D eigenvalue weighted by molar-refractivity contribution is 7.80. The van der Waals surface area contributed by atoms with Gasteiger partial charge in [0.1, 0.15) is 18.1 Å². The van der Waals surface area contributed by atoms with Crippen molar-refractivity contribution < 1.29 is 34.2 Å². The molecule has 200 valence electrons. The minimum Gasteiger partial charge on any atom is -0.481 e. The standard InChI is InChI=1S/C23H35N5O7S/c24-11-5-4-8-15(25)20(31)28-18(13-36)22(33)27-17(12-14-6-2-1-3-7-14)21(32)26-16(23(34)35)9-10-19(29)30/h1-3,6-7,15-18,36H,4-5,8-13,24-25H2,(H,26,32)(H,27,33)(H,28,31)(H,29,30)(H,34,35). The summed E-state index contributed by atoms with van der Waals surface area (Å²) in [6.45, 7) is 0.472. The molecule has 3 amide bonds. The molecule has 1 aromatic carbocycles. The molecule has 1 aromatic rings. The van der Waals surface area contributed by atoms with Crippen LogP contribution in [-0.2, 0) is 30.4 Å². The summed E-state index contributed by atoms with van der Waals surface area (Å²) in [5.41, 5.74) is 12.0. The van der Waals surface area contributed by atoms with Gasteiger partial charge in [-0.25, -0.2) is 4.79 Å². The van der Waals surface area contributed by atoms with Crippen LogP contribution >= 0.6 is 12.6 Å². The van der Waals surface area contributed by atoms with E-state index >= 15 is 0 Å². The molecule has 0 saturated carbocycles. The Hall–Kier alpha value is -3.16. The van der Waals surface area contributed by atoms with E-state index in [1.54, 1.807) is 30.3 Å². The Kier molecular flexibility index (Phi) is 14.1. The number of benzene rings is 1. The summed E-state index contributed by atoms with van der Waals surface area (Å²) in [5, 5.41) is 25.6. The molecule has 0 aromatic heterocycles. The molecule has 1 rings (SSSR count). The zero-order chi connectivity index (χ0) is 27.1. The monoisotopic (exact) mass is 525 g/mol. The Bertz CT molecular complexity index is 887. The van der Waals surface area contributed by atoms with Crippen LogP contribution in [0.25, 0.3) is 0 Å². The van der Waals surface area contributed by atoms with Crippen molar-refractivity contribution in [1.82, 2.24) is 16.0 Å². The van der Waals surface area contributed by atoms with E-state index in [-0.39, 0.29) is 18.6 Å². The molecule has 0 heterocycles. The predicted molar refractivity (Wildman–Crippen MR) is 135 cm³/mol. The number of thiol groups is 1. The first-order chi connectivity index (χ1) is 17.1. The fourth-order valence-corrected chi connectivity index (χ4v) is 3.50. The van der Waals surface area contributed by atoms with Crippen molar-refractivity contribution in [2.75, 3.05) is 12.3 Å². The normalized spacial score (nSPS) is 14.1. The smallest absolute Gasteiger partial charge is 0.326 e. The van der Waals surface area contributed by atoms with Crippen LogP contribution in [0.15, 0.2) is 30.3 Å². The molecule has 36 heavy (non-hydrogen) atoms. The third-order valence-corrected chi connectivity index (χ3v) is 5.66. The Labute approximate surface area is 215 Å². The van der Waals surface area contributed by atoms with Crippen LogP contribution in [-0.4, -0.2) is 76.3 Å². The van der Waals surface area contributed by atoms with Gasteiger partial charge < -0.3 is 37.6 Å². The van der Waals surface area contributed by atoms with E-state index in [2.05, 4.69) is 28.6 Å². The topological polar surface area (TPSA) is 214 Å². The molecule has 0 bridgehead atoms. The minimum atomic E-state index is -1.46. The van der Waals surface area contributed by atoms with Gasteiger partial charge >= 0.3 is 11.9 Å². The number of aliphatic carboxylic acids is 2. The SMILES string of the molecule is NCCCCC(N)C(=O)NC(CS)C(=O)NC(Cc1ccccc1)C(=O)NC(CCC(=O)O)C(=O)O. The maximum Gasteiger partial charge on any atom is 0.326 e. The number of unbranched alkanes of at least 4 members (excludes halogenated alkanes) is 1. The summed E-state index contributed by atoms with van der Waals surface area (Å²) in [6, 6.07) is 4.08. The summed E-state index contributed by atoms with van der Waals surface area (Å²) in [5.74, 6) is -4.77. The van der Waals surface area contributed by atoms with Gasteiger partial charge in [-0.3, -0.25) is 19.2 Å². The van der Waals surface area contributed by atoms with Gasteiger partial charge in [0.2, 0.25) is 17.7 Å². The van der Waals surface area contributed by atoms with Crippen LogP contribution in [0.5, 0.6) is 0 Å². The summed E-state index contributed by atoms with van der Waals surface area (Å²) >= 11 is 4.12. The van der Waals surface area contributed by atoms with Gasteiger partial charge in [-0.2, -0.15) is 12.6 Å². The quantitative estimate of drug-likeness (QED) is 0.0925. The molecule has 4 atom stereocenters. The van der Waals surface area contributed by atoms with E-state index < -0.39 is 60.2 Å². The van der Waals surface area contributed by atoms with Crippen LogP contribution in [0.1, 0.15) is 37.7 Å². The van der Waals surface area contributed by atoms with Gasteiger partial charge in [-0.1, -0.05) is 36.8 Å². The molecule has 0 spiro atoms. The number of carboxylic acid groups (broad SMARTS) is 2. The lowest BCUT2D eigenvalue weighted by molar-refractivity contribution is -0.143. The highest BCUT2D eigenvalue weighted by Crippen LogP contribution is 2.07. The van der Waals surface area contributed by atoms with Crippen molar-refractivity contribution in [3.8, 4) is 0 Å². The lowest BCUT2D eigenvalue weighted by Gasteiger charge is -2.24.